The van der Waals surface area contributed by atoms with Crippen molar-refractivity contribution in [1.29, 1.82) is 0 Å². The van der Waals surface area contributed by atoms with Gasteiger partial charge in [-0.05, 0) is 94.8 Å². The molecular formula is C64H67N7O15. The number of aliphatic imine (C=N–C) groups is 2. The van der Waals surface area contributed by atoms with Crippen molar-refractivity contribution in [2.45, 2.75) is 90.6 Å². The maximum atomic E-state index is 14.2. The number of carbonyl (C=O) groups excluding carboxylic acids is 6. The molecule has 4 amide bonds. The van der Waals surface area contributed by atoms with Crippen LogP contribution in [0.5, 0.6) is 28.7 Å². The van der Waals surface area contributed by atoms with Crippen molar-refractivity contribution in [2.75, 3.05) is 51.7 Å². The fraction of sp³-hybridized carbons (Fsp3) is 0.344. The number of hydrogen-bond acceptors (Lipinski definition) is 18. The van der Waals surface area contributed by atoms with E-state index >= 15 is 0 Å². The molecule has 5 aliphatic heterocycles. The van der Waals surface area contributed by atoms with E-state index in [9.17, 15) is 28.8 Å². The largest absolute Gasteiger partial charge is 0.497 e. The standard InChI is InChI=1S/C64H67N7O15/c1-35-23-48-50(66-30-45-26-43(33-70(45)60(48)74)41-12-16-47(78-5)17-13-41)28-54(35)81-21-8-22-82-56-29-51-49(27-55(56)79-6)61(75)71-32-42(25-46(71)31-67-51)40-10-14-44(15-11-40)68-64(77)83-34-39-9-18-53(52(24-39)69-57(73)19-20-65)85-63-59(84-38(4)72)37(3)36(2)58(86-63)62(76)80-7/h9-18,23-24,27-33,36-37,45-46,58-59,63H,8,19-22,25-26,34,65H2,1-7H3,(H,68,77)(H,69,73)/t36-,37-,45-,46-,58-,59+,63-/m0/s1. The number of amides is 4. The summed E-state index contributed by atoms with van der Waals surface area (Å²) in [6, 6.07) is 26.0. The molecule has 0 bridgehead atoms. The third kappa shape index (κ3) is 13.1. The van der Waals surface area contributed by atoms with Gasteiger partial charge in [-0.3, -0.25) is 34.5 Å². The highest BCUT2D eigenvalue weighted by molar-refractivity contribution is 6.06. The second-order valence-corrected chi connectivity index (χ2v) is 21.3. The van der Waals surface area contributed by atoms with Crippen LogP contribution in [0.3, 0.4) is 0 Å². The molecule has 1 fully saturated rings. The predicted molar refractivity (Wildman–Crippen MR) is 318 cm³/mol. The van der Waals surface area contributed by atoms with E-state index in [4.69, 9.17) is 58.4 Å². The van der Waals surface area contributed by atoms with Crippen molar-refractivity contribution in [1.82, 2.24) is 9.80 Å². The van der Waals surface area contributed by atoms with Crippen LogP contribution in [-0.4, -0.2) is 130 Å². The molecule has 0 unspecified atom stereocenters. The van der Waals surface area contributed by atoms with Gasteiger partial charge < -0.3 is 63.5 Å². The lowest BCUT2D eigenvalue weighted by Crippen LogP contribution is -2.55. The zero-order chi connectivity index (χ0) is 60.8. The van der Waals surface area contributed by atoms with Crippen LogP contribution in [0.2, 0.25) is 0 Å². The van der Waals surface area contributed by atoms with Crippen LogP contribution >= 0.6 is 0 Å². The van der Waals surface area contributed by atoms with Gasteiger partial charge >= 0.3 is 18.0 Å². The molecule has 22 heteroatoms. The highest BCUT2D eigenvalue weighted by Crippen LogP contribution is 2.42. The number of nitrogens with one attached hydrogen (secondary N) is 2. The number of hydrogen-bond donors (Lipinski definition) is 3. The van der Waals surface area contributed by atoms with E-state index in [1.54, 1.807) is 79.6 Å². The van der Waals surface area contributed by atoms with Crippen molar-refractivity contribution in [3.8, 4) is 28.7 Å². The van der Waals surface area contributed by atoms with E-state index in [1.165, 1.54) is 27.2 Å². The third-order valence-corrected chi connectivity index (χ3v) is 15.6. The maximum Gasteiger partial charge on any atom is 0.411 e. The van der Waals surface area contributed by atoms with Gasteiger partial charge in [0.15, 0.2) is 23.7 Å². The highest BCUT2D eigenvalue weighted by atomic mass is 16.7. The van der Waals surface area contributed by atoms with Gasteiger partial charge in [-0.15, -0.1) is 0 Å². The minimum absolute atomic E-state index is 0.00279. The lowest BCUT2D eigenvalue weighted by molar-refractivity contribution is -0.248. The number of aryl methyl sites for hydroxylation is 1. The molecule has 5 aliphatic rings. The second-order valence-electron chi connectivity index (χ2n) is 21.3. The van der Waals surface area contributed by atoms with Gasteiger partial charge in [0, 0.05) is 87.7 Å². The summed E-state index contributed by atoms with van der Waals surface area (Å²) in [5, 5.41) is 5.50. The molecule has 4 N–H and O–H groups in total. The van der Waals surface area contributed by atoms with Crippen molar-refractivity contribution in [3.05, 3.63) is 137 Å². The van der Waals surface area contributed by atoms with Crippen LogP contribution in [0, 0.1) is 18.8 Å². The molecule has 5 heterocycles. The predicted octanol–water partition coefficient (Wildman–Crippen LogP) is 9.32. The Kier molecular flexibility index (Phi) is 18.1. The average Bonchev–Trinajstić information content (AvgIpc) is 2.84. The Bertz CT molecular complexity index is 3560. The summed E-state index contributed by atoms with van der Waals surface area (Å²) in [4.78, 5) is 91.6. The molecule has 448 valence electrons. The number of methoxy groups -OCH3 is 3. The van der Waals surface area contributed by atoms with Gasteiger partial charge in [-0.25, -0.2) is 9.59 Å². The van der Waals surface area contributed by atoms with E-state index in [0.717, 1.165) is 33.6 Å². The van der Waals surface area contributed by atoms with Crippen molar-refractivity contribution in [3.63, 3.8) is 0 Å². The molecule has 0 aliphatic carbocycles. The van der Waals surface area contributed by atoms with E-state index in [0.29, 0.717) is 76.9 Å². The van der Waals surface area contributed by atoms with Gasteiger partial charge in [0.25, 0.3) is 11.8 Å². The smallest absolute Gasteiger partial charge is 0.411 e. The number of rotatable bonds is 20. The molecule has 0 radical (unpaired) electrons. The Morgan fingerprint density at radius 1 is 0.709 bits per heavy atom. The molecule has 0 saturated carbocycles. The first-order chi connectivity index (χ1) is 41.5. The van der Waals surface area contributed by atoms with Crippen LogP contribution in [0.25, 0.3) is 11.1 Å². The lowest BCUT2D eigenvalue weighted by atomic mass is 9.83. The molecule has 7 atom stereocenters. The van der Waals surface area contributed by atoms with Gasteiger partial charge in [0.05, 0.1) is 74.8 Å². The Hall–Kier alpha value is -9.54. The Morgan fingerprint density at radius 3 is 1.93 bits per heavy atom. The summed E-state index contributed by atoms with van der Waals surface area (Å²) in [6.45, 7) is 7.21. The molecule has 1 saturated heterocycles. The first-order valence-corrected chi connectivity index (χ1v) is 28.2. The Labute approximate surface area is 496 Å². The summed E-state index contributed by atoms with van der Waals surface area (Å²) < 4.78 is 51.8. The highest BCUT2D eigenvalue weighted by Gasteiger charge is 2.48. The van der Waals surface area contributed by atoms with Crippen LogP contribution in [0.1, 0.15) is 89.4 Å². The molecule has 0 spiro atoms. The Balaban J connectivity index is 0.719. The van der Waals surface area contributed by atoms with Gasteiger partial charge in [0.2, 0.25) is 12.2 Å². The van der Waals surface area contributed by atoms with E-state index in [2.05, 4.69) is 10.6 Å². The molecule has 0 aromatic heterocycles. The number of nitrogens with two attached hydrogens (primary N) is 1. The van der Waals surface area contributed by atoms with Gasteiger partial charge in [0.1, 0.15) is 23.9 Å². The average molecular weight is 1170 g/mol. The fourth-order valence-electron chi connectivity index (χ4n) is 10.8. The molecule has 5 aromatic carbocycles. The van der Waals surface area contributed by atoms with Crippen molar-refractivity contribution < 1.29 is 71.4 Å². The monoisotopic (exact) mass is 1170 g/mol. The molecular weight excluding hydrogens is 1110 g/mol. The van der Waals surface area contributed by atoms with Gasteiger partial charge in [-0.1, -0.05) is 44.2 Å². The topological polar surface area (TPSA) is 267 Å². The number of nitrogens with zero attached hydrogens (tertiary/aromatic N) is 4. The van der Waals surface area contributed by atoms with Crippen molar-refractivity contribution >= 4 is 82.1 Å². The fourth-order valence-corrected chi connectivity index (χ4v) is 10.8. The summed E-state index contributed by atoms with van der Waals surface area (Å²) in [5.74, 6) is -0.469. The third-order valence-electron chi connectivity index (χ3n) is 15.6. The lowest BCUT2D eigenvalue weighted by Gasteiger charge is -2.42. The SMILES string of the molecule is COC(=O)[C@H]1O[C@H](Oc2ccc(COC(=O)Nc3ccc(C4=CN5C(=O)c6cc(OC)c(OCCCOc7cc8c(cc7C)C(=O)N7C=C(c9ccc(OC)cc9)C[C@H]7C=N8)cc6N=C[C@@H]5C4)cc3)cc2NC(=O)CCN)[C@H](OC(C)=O)[C@@H](C)[C@@H]1C. The normalized spacial score (nSPS) is 20.8. The number of benzene rings is 5. The molecule has 5 aromatic rings. The van der Waals surface area contributed by atoms with Crippen LogP contribution < -0.4 is 40.1 Å². The zero-order valence-corrected chi connectivity index (χ0v) is 48.7. The zero-order valence-electron chi connectivity index (χ0n) is 48.7. The number of ether oxygens (including phenoxy) is 9. The molecule has 10 rings (SSSR count). The summed E-state index contributed by atoms with van der Waals surface area (Å²) >= 11 is 0. The number of fused-ring (bicyclic) bond motifs is 4. The minimum atomic E-state index is -1.26. The molecule has 86 heavy (non-hydrogen) atoms. The van der Waals surface area contributed by atoms with Crippen LogP contribution in [0.15, 0.2) is 113 Å². The van der Waals surface area contributed by atoms with Gasteiger partial charge in [-0.2, -0.15) is 0 Å². The quantitative estimate of drug-likeness (QED) is 0.0372. The first-order valence-electron chi connectivity index (χ1n) is 28.2. The minimum Gasteiger partial charge on any atom is -0.497 e. The van der Waals surface area contributed by atoms with Crippen LogP contribution in [0.4, 0.5) is 27.5 Å². The number of esters is 2. The summed E-state index contributed by atoms with van der Waals surface area (Å²) in [5.41, 5.74) is 13.2. The van der Waals surface area contributed by atoms with Crippen LogP contribution in [-0.2, 0) is 39.9 Å². The number of anilines is 2. The van der Waals surface area contributed by atoms with E-state index in [1.807, 2.05) is 67.9 Å². The molecule has 22 nitrogen and oxygen atoms in total. The van der Waals surface area contributed by atoms with E-state index < -0.39 is 54.3 Å². The maximum absolute atomic E-state index is 14.2. The first kappa shape index (κ1) is 59.6. The second kappa shape index (κ2) is 26.2. The summed E-state index contributed by atoms with van der Waals surface area (Å²) in [7, 11) is 4.38. The summed E-state index contributed by atoms with van der Waals surface area (Å²) in [6.07, 6.45) is 4.97. The van der Waals surface area contributed by atoms with E-state index in [-0.39, 0.29) is 61.5 Å². The van der Waals surface area contributed by atoms with Crippen molar-refractivity contribution in [2.24, 2.45) is 27.6 Å². The number of carbonyl (C=O) groups is 6. The Morgan fingerprint density at radius 2 is 1.33 bits per heavy atom.